The van der Waals surface area contributed by atoms with E-state index in [1.165, 1.54) is 36.6 Å². The topological polar surface area (TPSA) is 63.6 Å². The normalized spacial score (nSPS) is 21.6. The largest absolute Gasteiger partial charge is 0.497 e. The van der Waals surface area contributed by atoms with Crippen LogP contribution in [0.2, 0.25) is 0 Å². The molecule has 4 rings (SSSR count). The number of hydrogen-bond acceptors (Lipinski definition) is 4. The van der Waals surface area contributed by atoms with Crippen molar-refractivity contribution in [3.05, 3.63) is 41.3 Å². The fourth-order valence-electron chi connectivity index (χ4n) is 4.96. The first-order valence-corrected chi connectivity index (χ1v) is 10.2. The van der Waals surface area contributed by atoms with E-state index in [1.54, 1.807) is 7.11 Å². The molecular weight excluding hydrogens is 368 g/mol. The summed E-state index contributed by atoms with van der Waals surface area (Å²) in [4.78, 5) is 15.9. The third kappa shape index (κ3) is 3.11. The van der Waals surface area contributed by atoms with Crippen molar-refractivity contribution in [1.82, 2.24) is 4.98 Å². The Morgan fingerprint density at radius 3 is 2.76 bits per heavy atom. The Morgan fingerprint density at radius 1 is 1.24 bits per heavy atom. The van der Waals surface area contributed by atoms with Crippen LogP contribution in [0.3, 0.4) is 0 Å². The Labute approximate surface area is 171 Å². The van der Waals surface area contributed by atoms with Gasteiger partial charge in [-0.05, 0) is 42.7 Å². The van der Waals surface area contributed by atoms with E-state index >= 15 is 0 Å². The Morgan fingerprint density at radius 2 is 2.07 bits per heavy atom. The van der Waals surface area contributed by atoms with Gasteiger partial charge in [0.05, 0.1) is 26.7 Å². The van der Waals surface area contributed by atoms with Gasteiger partial charge in [-0.15, -0.1) is 0 Å². The van der Waals surface area contributed by atoms with Crippen LogP contribution in [0, 0.1) is 5.41 Å². The smallest absolute Gasteiger partial charge is 0.372 e. The SMILES string of the molecule is CC[C@@]1(/C=C(\OC)C(=O)OC)CCC[N+]2=C1c1[nH]c3ccc(OC)cc3c1CC2. The van der Waals surface area contributed by atoms with E-state index in [-0.39, 0.29) is 11.2 Å². The van der Waals surface area contributed by atoms with E-state index in [1.807, 2.05) is 12.1 Å². The molecule has 0 saturated carbocycles. The van der Waals surface area contributed by atoms with Crippen LogP contribution in [-0.2, 0) is 20.7 Å². The number of nitrogens with one attached hydrogen (secondary N) is 1. The van der Waals surface area contributed by atoms with Crippen molar-refractivity contribution in [3.8, 4) is 5.75 Å². The summed E-state index contributed by atoms with van der Waals surface area (Å²) in [6.07, 6.45) is 5.90. The van der Waals surface area contributed by atoms with Gasteiger partial charge in [0.15, 0.2) is 0 Å². The summed E-state index contributed by atoms with van der Waals surface area (Å²) in [6.45, 7) is 4.18. The molecule has 6 heteroatoms. The Kier molecular flexibility index (Phi) is 5.11. The van der Waals surface area contributed by atoms with Gasteiger partial charge in [0, 0.05) is 23.7 Å². The van der Waals surface area contributed by atoms with Crippen LogP contribution in [0.25, 0.3) is 10.9 Å². The number of nitrogens with zero attached hydrogens (tertiary/aromatic N) is 1. The van der Waals surface area contributed by atoms with Gasteiger partial charge in [0.1, 0.15) is 24.5 Å². The average molecular weight is 397 g/mol. The third-order valence-electron chi connectivity index (χ3n) is 6.47. The highest BCUT2D eigenvalue weighted by Crippen LogP contribution is 2.42. The first kappa shape index (κ1) is 19.6. The molecule has 0 spiro atoms. The molecule has 3 heterocycles. The Hall–Kier alpha value is -2.76. The number of H-pyrrole nitrogens is 1. The molecule has 2 aliphatic heterocycles. The van der Waals surface area contributed by atoms with E-state index in [2.05, 4.69) is 28.6 Å². The molecule has 6 nitrogen and oxygen atoms in total. The number of aromatic amines is 1. The number of benzene rings is 1. The van der Waals surface area contributed by atoms with E-state index < -0.39 is 5.97 Å². The number of methoxy groups -OCH3 is 3. The van der Waals surface area contributed by atoms with Gasteiger partial charge in [0.2, 0.25) is 11.5 Å². The second-order valence-corrected chi connectivity index (χ2v) is 7.79. The van der Waals surface area contributed by atoms with Gasteiger partial charge in [-0.1, -0.05) is 6.92 Å². The van der Waals surface area contributed by atoms with Crippen LogP contribution in [-0.4, -0.2) is 55.7 Å². The van der Waals surface area contributed by atoms with Gasteiger partial charge in [-0.3, -0.25) is 0 Å². The fourth-order valence-corrected chi connectivity index (χ4v) is 4.96. The second kappa shape index (κ2) is 7.58. The standard InChI is InChI=1S/C23H28N2O4/c1-5-23(14-19(28-3)22(26)29-4)10-6-11-25-12-9-16-17-13-15(27-2)7-8-18(17)24-20(16)21(23)25/h7-8,13-14H,5-6,9-12H2,1-4H3/p+1/b19-14-/t23-/m0/s1. The summed E-state index contributed by atoms with van der Waals surface area (Å²) in [7, 11) is 4.61. The predicted molar refractivity (Wildman–Crippen MR) is 112 cm³/mol. The molecule has 0 fully saturated rings. The quantitative estimate of drug-likeness (QED) is 0.363. The lowest BCUT2D eigenvalue weighted by atomic mass is 9.71. The summed E-state index contributed by atoms with van der Waals surface area (Å²) in [5.74, 6) is 0.702. The maximum atomic E-state index is 12.2. The first-order valence-electron chi connectivity index (χ1n) is 10.2. The van der Waals surface area contributed by atoms with Crippen LogP contribution >= 0.6 is 0 Å². The van der Waals surface area contributed by atoms with Crippen molar-refractivity contribution < 1.29 is 23.6 Å². The molecule has 1 N–H and O–H groups in total. The van der Waals surface area contributed by atoms with Crippen LogP contribution in [0.4, 0.5) is 0 Å². The first-order chi connectivity index (χ1) is 14.1. The molecular formula is C23H29N2O4+. The molecule has 0 unspecified atom stereocenters. The highest BCUT2D eigenvalue weighted by molar-refractivity contribution is 6.08. The van der Waals surface area contributed by atoms with E-state index in [9.17, 15) is 4.79 Å². The van der Waals surface area contributed by atoms with Crippen LogP contribution < -0.4 is 4.74 Å². The number of carbonyl (C=O) groups excluding carboxylic acids is 1. The molecule has 1 aromatic heterocycles. The lowest BCUT2D eigenvalue weighted by Crippen LogP contribution is -2.46. The van der Waals surface area contributed by atoms with Crippen molar-refractivity contribution in [2.45, 2.75) is 32.6 Å². The van der Waals surface area contributed by atoms with E-state index in [0.29, 0.717) is 0 Å². The lowest BCUT2D eigenvalue weighted by molar-refractivity contribution is -0.537. The van der Waals surface area contributed by atoms with Gasteiger partial charge in [-0.2, -0.15) is 0 Å². The Bertz CT molecular complexity index is 1020. The number of aromatic nitrogens is 1. The number of esters is 1. The van der Waals surface area contributed by atoms with Crippen molar-refractivity contribution in [2.24, 2.45) is 5.41 Å². The number of rotatable bonds is 5. The summed E-state index contributed by atoms with van der Waals surface area (Å²) in [5, 5.41) is 1.21. The maximum absolute atomic E-state index is 12.2. The van der Waals surface area contributed by atoms with Gasteiger partial charge in [-0.25, -0.2) is 9.37 Å². The molecule has 29 heavy (non-hydrogen) atoms. The maximum Gasteiger partial charge on any atom is 0.372 e. The van der Waals surface area contributed by atoms with Crippen molar-refractivity contribution >= 4 is 22.6 Å². The van der Waals surface area contributed by atoms with Gasteiger partial charge in [0.25, 0.3) is 0 Å². The molecule has 0 aliphatic carbocycles. The van der Waals surface area contributed by atoms with Crippen molar-refractivity contribution in [1.29, 1.82) is 0 Å². The van der Waals surface area contributed by atoms with E-state index in [0.717, 1.165) is 50.0 Å². The molecule has 2 aliphatic rings. The highest BCUT2D eigenvalue weighted by atomic mass is 16.6. The number of allylic oxidation sites excluding steroid dienone is 1. The lowest BCUT2D eigenvalue weighted by Gasteiger charge is -2.35. The monoisotopic (exact) mass is 397 g/mol. The van der Waals surface area contributed by atoms with Gasteiger partial charge >= 0.3 is 5.97 Å². The van der Waals surface area contributed by atoms with Crippen molar-refractivity contribution in [2.75, 3.05) is 34.4 Å². The summed E-state index contributed by atoms with van der Waals surface area (Å²) in [5.41, 5.74) is 4.61. The number of ether oxygens (including phenoxy) is 3. The summed E-state index contributed by atoms with van der Waals surface area (Å²) < 4.78 is 18.3. The molecule has 2 aromatic rings. The zero-order valence-electron chi connectivity index (χ0n) is 17.6. The number of fused-ring (bicyclic) bond motifs is 4. The summed E-state index contributed by atoms with van der Waals surface area (Å²) in [6, 6.07) is 6.18. The molecule has 1 aromatic carbocycles. The minimum Gasteiger partial charge on any atom is -0.497 e. The Balaban J connectivity index is 1.92. The summed E-state index contributed by atoms with van der Waals surface area (Å²) >= 11 is 0. The molecule has 0 amide bonds. The second-order valence-electron chi connectivity index (χ2n) is 7.79. The fraction of sp³-hybridized carbons (Fsp3) is 0.478. The minimum atomic E-state index is -0.435. The third-order valence-corrected chi connectivity index (χ3v) is 6.47. The number of hydrogen-bond donors (Lipinski definition) is 1. The molecule has 1 atom stereocenters. The minimum absolute atomic E-state index is 0.272. The van der Waals surface area contributed by atoms with Gasteiger partial charge < -0.3 is 19.2 Å². The average Bonchev–Trinajstić information content (AvgIpc) is 3.14. The molecule has 154 valence electrons. The predicted octanol–water partition coefficient (Wildman–Crippen LogP) is 3.43. The number of carbonyl (C=O) groups is 1. The molecule has 0 saturated heterocycles. The van der Waals surface area contributed by atoms with Crippen LogP contribution in [0.1, 0.15) is 37.4 Å². The van der Waals surface area contributed by atoms with Crippen LogP contribution in [0.15, 0.2) is 30.0 Å². The van der Waals surface area contributed by atoms with E-state index in [4.69, 9.17) is 14.2 Å². The van der Waals surface area contributed by atoms with Crippen molar-refractivity contribution in [3.63, 3.8) is 0 Å². The molecule has 0 radical (unpaired) electrons. The van der Waals surface area contributed by atoms with Crippen LogP contribution in [0.5, 0.6) is 5.75 Å². The molecule has 0 bridgehead atoms. The zero-order valence-corrected chi connectivity index (χ0v) is 17.6. The highest BCUT2D eigenvalue weighted by Gasteiger charge is 2.47. The zero-order chi connectivity index (χ0) is 20.6.